The third kappa shape index (κ3) is 3.45. The first-order chi connectivity index (χ1) is 13.9. The van der Waals surface area contributed by atoms with Gasteiger partial charge in [-0.3, -0.25) is 14.9 Å². The van der Waals surface area contributed by atoms with Crippen LogP contribution < -0.4 is 10.2 Å². The van der Waals surface area contributed by atoms with Gasteiger partial charge in [-0.15, -0.1) is 0 Å². The number of nitrogens with one attached hydrogen (secondary N) is 1. The summed E-state index contributed by atoms with van der Waals surface area (Å²) in [7, 11) is 0. The first-order valence-corrected chi connectivity index (χ1v) is 8.85. The standard InChI is InChI=1S/C22H16FN3O3/c1-14-10-15(13-25(14)17-7-3-2-4-8-17)11-19-20(27)24-22(29)26(21(19)28)18-9-5-6-16(23)12-18/h2-13H,1H3,(H,24,27,29)/b19-11-. The number of urea groups is 1. The third-order valence-corrected chi connectivity index (χ3v) is 4.55. The molecule has 0 spiro atoms. The van der Waals surface area contributed by atoms with E-state index in [0.717, 1.165) is 22.3 Å². The van der Waals surface area contributed by atoms with Crippen molar-refractivity contribution in [3.05, 3.63) is 89.5 Å². The minimum atomic E-state index is -0.916. The van der Waals surface area contributed by atoms with Crippen LogP contribution in [0, 0.1) is 12.7 Å². The number of carbonyl (C=O) groups excluding carboxylic acids is 3. The second-order valence-electron chi connectivity index (χ2n) is 6.56. The lowest BCUT2D eigenvalue weighted by Gasteiger charge is -2.26. The van der Waals surface area contributed by atoms with Crippen molar-refractivity contribution in [3.63, 3.8) is 0 Å². The Morgan fingerprint density at radius 2 is 1.66 bits per heavy atom. The van der Waals surface area contributed by atoms with Gasteiger partial charge in [0, 0.05) is 17.6 Å². The van der Waals surface area contributed by atoms with Gasteiger partial charge in [-0.05, 0) is 55.0 Å². The monoisotopic (exact) mass is 389 g/mol. The average molecular weight is 389 g/mol. The topological polar surface area (TPSA) is 71.4 Å². The zero-order valence-electron chi connectivity index (χ0n) is 15.4. The van der Waals surface area contributed by atoms with Gasteiger partial charge < -0.3 is 4.57 Å². The second-order valence-corrected chi connectivity index (χ2v) is 6.56. The van der Waals surface area contributed by atoms with Crippen LogP contribution in [0.5, 0.6) is 0 Å². The lowest BCUT2D eigenvalue weighted by Crippen LogP contribution is -2.54. The summed E-state index contributed by atoms with van der Waals surface area (Å²) in [5, 5.41) is 2.13. The normalized spacial score (nSPS) is 15.7. The Kier molecular flexibility index (Phi) is 4.56. The second kappa shape index (κ2) is 7.20. The van der Waals surface area contributed by atoms with Gasteiger partial charge in [0.05, 0.1) is 5.69 Å². The molecule has 3 aromatic rings. The lowest BCUT2D eigenvalue weighted by atomic mass is 10.1. The van der Waals surface area contributed by atoms with Gasteiger partial charge in [-0.25, -0.2) is 14.1 Å². The van der Waals surface area contributed by atoms with Gasteiger partial charge in [0.1, 0.15) is 11.4 Å². The predicted molar refractivity (Wildman–Crippen MR) is 106 cm³/mol. The SMILES string of the molecule is Cc1cc(/C=C2/C(=O)NC(=O)N(c3cccc(F)c3)C2=O)cn1-c1ccccc1. The Hall–Kier alpha value is -4.00. The van der Waals surface area contributed by atoms with Crippen molar-refractivity contribution < 1.29 is 18.8 Å². The van der Waals surface area contributed by atoms with Gasteiger partial charge in [-0.2, -0.15) is 0 Å². The van der Waals surface area contributed by atoms with Crippen LogP contribution in [0.1, 0.15) is 11.3 Å². The van der Waals surface area contributed by atoms with E-state index in [0.29, 0.717) is 5.56 Å². The maximum atomic E-state index is 13.6. The summed E-state index contributed by atoms with van der Waals surface area (Å²) in [4.78, 5) is 38.1. The smallest absolute Gasteiger partial charge is 0.321 e. The fourth-order valence-electron chi connectivity index (χ4n) is 3.22. The Bertz CT molecular complexity index is 1170. The summed E-state index contributed by atoms with van der Waals surface area (Å²) in [5.74, 6) is -2.20. The quantitative estimate of drug-likeness (QED) is 0.550. The molecule has 0 radical (unpaired) electrons. The van der Waals surface area contributed by atoms with Crippen LogP contribution >= 0.6 is 0 Å². The van der Waals surface area contributed by atoms with Crippen molar-refractivity contribution in [1.29, 1.82) is 0 Å². The van der Waals surface area contributed by atoms with E-state index in [2.05, 4.69) is 5.32 Å². The largest absolute Gasteiger partial charge is 0.335 e. The first-order valence-electron chi connectivity index (χ1n) is 8.85. The maximum absolute atomic E-state index is 13.6. The number of para-hydroxylation sites is 1. The number of hydrogen-bond donors (Lipinski definition) is 1. The van der Waals surface area contributed by atoms with Crippen LogP contribution in [-0.2, 0) is 9.59 Å². The first kappa shape index (κ1) is 18.4. The minimum absolute atomic E-state index is 0.0453. The molecule has 1 aromatic heterocycles. The van der Waals surface area contributed by atoms with Gasteiger partial charge in [-0.1, -0.05) is 24.3 Å². The highest BCUT2D eigenvalue weighted by atomic mass is 19.1. The third-order valence-electron chi connectivity index (χ3n) is 4.55. The average Bonchev–Trinajstić information content (AvgIpc) is 3.06. The molecular formula is C22H16FN3O3. The summed E-state index contributed by atoms with van der Waals surface area (Å²) in [6.45, 7) is 1.90. The van der Waals surface area contributed by atoms with Crippen LogP contribution in [0.25, 0.3) is 11.8 Å². The van der Waals surface area contributed by atoms with E-state index in [9.17, 15) is 18.8 Å². The molecule has 7 heteroatoms. The predicted octanol–water partition coefficient (Wildman–Crippen LogP) is 3.59. The van der Waals surface area contributed by atoms with Gasteiger partial charge in [0.25, 0.3) is 11.8 Å². The Morgan fingerprint density at radius 1 is 0.931 bits per heavy atom. The molecule has 144 valence electrons. The summed E-state index contributed by atoms with van der Waals surface area (Å²) < 4.78 is 15.5. The summed E-state index contributed by atoms with van der Waals surface area (Å²) in [5.41, 5.74) is 2.30. The molecule has 4 amide bonds. The van der Waals surface area contributed by atoms with Crippen LogP contribution in [0.2, 0.25) is 0 Å². The number of barbiturate groups is 1. The number of aromatic nitrogens is 1. The number of hydrogen-bond acceptors (Lipinski definition) is 3. The molecule has 1 N–H and O–H groups in total. The highest BCUT2D eigenvalue weighted by molar-refractivity contribution is 6.39. The number of rotatable bonds is 3. The van der Waals surface area contributed by atoms with Crippen LogP contribution in [0.15, 0.2) is 72.4 Å². The van der Waals surface area contributed by atoms with Gasteiger partial charge >= 0.3 is 6.03 Å². The van der Waals surface area contributed by atoms with E-state index in [1.54, 1.807) is 6.20 Å². The van der Waals surface area contributed by atoms with E-state index >= 15 is 0 Å². The zero-order chi connectivity index (χ0) is 20.5. The molecule has 1 aliphatic rings. The Morgan fingerprint density at radius 3 is 2.38 bits per heavy atom. The van der Waals surface area contributed by atoms with Crippen LogP contribution in [0.3, 0.4) is 0 Å². The number of nitrogens with zero attached hydrogens (tertiary/aromatic N) is 2. The highest BCUT2D eigenvalue weighted by Crippen LogP contribution is 2.23. The van der Waals surface area contributed by atoms with Crippen molar-refractivity contribution in [2.75, 3.05) is 4.90 Å². The molecule has 0 atom stereocenters. The van der Waals surface area contributed by atoms with Crippen molar-refractivity contribution >= 4 is 29.6 Å². The highest BCUT2D eigenvalue weighted by Gasteiger charge is 2.37. The number of anilines is 1. The lowest BCUT2D eigenvalue weighted by molar-refractivity contribution is -0.122. The molecule has 2 aromatic carbocycles. The maximum Gasteiger partial charge on any atom is 0.335 e. The minimum Gasteiger partial charge on any atom is -0.321 e. The number of halogens is 1. The Labute approximate surface area is 165 Å². The van der Waals surface area contributed by atoms with Gasteiger partial charge in [0.2, 0.25) is 0 Å². The number of benzene rings is 2. The fourth-order valence-corrected chi connectivity index (χ4v) is 3.22. The zero-order valence-corrected chi connectivity index (χ0v) is 15.4. The molecule has 0 unspecified atom stereocenters. The molecule has 2 heterocycles. The van der Waals surface area contributed by atoms with E-state index in [4.69, 9.17) is 0 Å². The van der Waals surface area contributed by atoms with Crippen molar-refractivity contribution in [1.82, 2.24) is 9.88 Å². The van der Waals surface area contributed by atoms with E-state index in [1.165, 1.54) is 24.3 Å². The summed E-state index contributed by atoms with van der Waals surface area (Å²) in [6.07, 6.45) is 3.21. The number of imide groups is 2. The van der Waals surface area contributed by atoms with E-state index < -0.39 is 23.7 Å². The molecular weight excluding hydrogens is 373 g/mol. The van der Waals surface area contributed by atoms with E-state index in [-0.39, 0.29) is 11.3 Å². The van der Waals surface area contributed by atoms with Crippen molar-refractivity contribution in [2.45, 2.75) is 6.92 Å². The molecule has 1 aliphatic heterocycles. The van der Waals surface area contributed by atoms with E-state index in [1.807, 2.05) is 47.9 Å². The number of amides is 4. The van der Waals surface area contributed by atoms with Crippen LogP contribution in [0.4, 0.5) is 14.9 Å². The van der Waals surface area contributed by atoms with Gasteiger partial charge in [0.15, 0.2) is 0 Å². The molecule has 0 bridgehead atoms. The molecule has 29 heavy (non-hydrogen) atoms. The molecule has 1 saturated heterocycles. The fraction of sp³-hybridized carbons (Fsp3) is 0.0455. The molecule has 1 fully saturated rings. The van der Waals surface area contributed by atoms with Crippen LogP contribution in [-0.4, -0.2) is 22.4 Å². The Balaban J connectivity index is 1.72. The summed E-state index contributed by atoms with van der Waals surface area (Å²) in [6, 6.07) is 15.6. The van der Waals surface area contributed by atoms with Crippen molar-refractivity contribution in [2.24, 2.45) is 0 Å². The number of carbonyl (C=O) groups is 3. The molecule has 0 aliphatic carbocycles. The molecule has 0 saturated carbocycles. The van der Waals surface area contributed by atoms with Crippen molar-refractivity contribution in [3.8, 4) is 5.69 Å². The molecule has 4 rings (SSSR count). The number of aryl methyl sites for hydroxylation is 1. The summed E-state index contributed by atoms with van der Waals surface area (Å²) >= 11 is 0. The molecule has 6 nitrogen and oxygen atoms in total.